The molecule has 2 rings (SSSR count). The first kappa shape index (κ1) is 8.93. The molecule has 14 heavy (non-hydrogen) atoms. The van der Waals surface area contributed by atoms with Gasteiger partial charge < -0.3 is 9.88 Å². The summed E-state index contributed by atoms with van der Waals surface area (Å²) in [7, 11) is 0. The summed E-state index contributed by atoms with van der Waals surface area (Å²) in [6.45, 7) is 2.76. The molecule has 1 saturated heterocycles. The highest BCUT2D eigenvalue weighted by atomic mass is 16.1. The van der Waals surface area contributed by atoms with Gasteiger partial charge in [-0.1, -0.05) is 0 Å². The lowest BCUT2D eigenvalue weighted by Gasteiger charge is -2.14. The average molecular weight is 193 g/mol. The summed E-state index contributed by atoms with van der Waals surface area (Å²) in [5, 5.41) is 0. The lowest BCUT2D eigenvalue weighted by atomic mass is 10.4. The van der Waals surface area contributed by atoms with Gasteiger partial charge in [0.05, 0.1) is 6.54 Å². The summed E-state index contributed by atoms with van der Waals surface area (Å²) in [6, 6.07) is 1.42. The van der Waals surface area contributed by atoms with Crippen molar-refractivity contribution < 1.29 is 4.79 Å². The minimum Gasteiger partial charge on any atom is -0.349 e. The Labute approximate surface area is 80.8 Å². The van der Waals surface area contributed by atoms with E-state index in [0.717, 1.165) is 0 Å². The molecule has 0 aliphatic carbocycles. The molecule has 0 spiro atoms. The van der Waals surface area contributed by atoms with Crippen LogP contribution in [0.2, 0.25) is 0 Å². The van der Waals surface area contributed by atoms with Crippen LogP contribution >= 0.6 is 0 Å². The maximum absolute atomic E-state index is 11.1. The van der Waals surface area contributed by atoms with Crippen LogP contribution in [0.1, 0.15) is 12.2 Å². The molecule has 2 heterocycles. The lowest BCUT2D eigenvalue weighted by molar-refractivity contribution is -0.116. The van der Waals surface area contributed by atoms with E-state index in [1.165, 1.54) is 6.07 Å². The highest BCUT2D eigenvalue weighted by Crippen LogP contribution is 2.13. The van der Waals surface area contributed by atoms with Gasteiger partial charge in [0.1, 0.15) is 11.6 Å². The molecule has 0 saturated carbocycles. The first-order valence-electron chi connectivity index (χ1n) is 4.50. The molecule has 0 atom stereocenters. The van der Waals surface area contributed by atoms with E-state index in [1.807, 2.05) is 4.90 Å². The van der Waals surface area contributed by atoms with Crippen LogP contribution in [0.25, 0.3) is 0 Å². The number of Topliss-reactive ketones (excluding diaryl/α,β-unsaturated/α-hetero) is 1. The van der Waals surface area contributed by atoms with Gasteiger partial charge in [0.25, 0.3) is 5.56 Å². The van der Waals surface area contributed by atoms with Crippen molar-refractivity contribution in [3.63, 3.8) is 0 Å². The number of aryl methyl sites for hydroxylation is 1. The minimum absolute atomic E-state index is 0.174. The standard InChI is InChI=1S/C9H11N3O2/c1-6-10-8(4-9(14)11-6)12-3-2-7(13)5-12/h4H,2-3,5H2,1H3,(H,10,11,14). The zero-order valence-corrected chi connectivity index (χ0v) is 7.91. The highest BCUT2D eigenvalue weighted by molar-refractivity contribution is 5.86. The first-order valence-corrected chi connectivity index (χ1v) is 4.50. The number of nitrogens with zero attached hydrogens (tertiary/aromatic N) is 2. The maximum Gasteiger partial charge on any atom is 0.252 e. The molecule has 0 radical (unpaired) electrons. The van der Waals surface area contributed by atoms with Gasteiger partial charge in [0.15, 0.2) is 5.78 Å². The summed E-state index contributed by atoms with van der Waals surface area (Å²) >= 11 is 0. The molecule has 5 heteroatoms. The summed E-state index contributed by atoms with van der Waals surface area (Å²) in [6.07, 6.45) is 0.549. The van der Waals surface area contributed by atoms with Gasteiger partial charge in [-0.2, -0.15) is 0 Å². The van der Waals surface area contributed by atoms with Gasteiger partial charge in [0.2, 0.25) is 0 Å². The number of carbonyl (C=O) groups is 1. The fourth-order valence-corrected chi connectivity index (χ4v) is 1.55. The Kier molecular flexibility index (Phi) is 2.07. The normalized spacial score (nSPS) is 16.4. The largest absolute Gasteiger partial charge is 0.349 e. The number of nitrogens with one attached hydrogen (secondary N) is 1. The molecule has 1 fully saturated rings. The van der Waals surface area contributed by atoms with Crippen LogP contribution in [0.4, 0.5) is 5.82 Å². The van der Waals surface area contributed by atoms with Gasteiger partial charge in [-0.15, -0.1) is 0 Å². The maximum atomic E-state index is 11.1. The van der Waals surface area contributed by atoms with Crippen molar-refractivity contribution in [1.29, 1.82) is 0 Å². The molecule has 1 aliphatic rings. The Bertz CT molecular complexity index is 424. The Morgan fingerprint density at radius 3 is 2.86 bits per heavy atom. The van der Waals surface area contributed by atoms with E-state index in [4.69, 9.17) is 0 Å². The number of anilines is 1. The molecule has 1 aromatic heterocycles. The van der Waals surface area contributed by atoms with E-state index >= 15 is 0 Å². The molecule has 5 nitrogen and oxygen atoms in total. The third-order valence-electron chi connectivity index (χ3n) is 2.20. The predicted molar refractivity (Wildman–Crippen MR) is 51.4 cm³/mol. The Hall–Kier alpha value is -1.65. The molecule has 1 aliphatic heterocycles. The van der Waals surface area contributed by atoms with Crippen LogP contribution in [0, 0.1) is 6.92 Å². The minimum atomic E-state index is -0.174. The van der Waals surface area contributed by atoms with Crippen molar-refractivity contribution in [1.82, 2.24) is 9.97 Å². The number of carbonyl (C=O) groups excluding carboxylic acids is 1. The molecule has 0 amide bonds. The summed E-state index contributed by atoms with van der Waals surface area (Å²) in [4.78, 5) is 30.7. The van der Waals surface area contributed by atoms with E-state index in [0.29, 0.717) is 31.2 Å². The van der Waals surface area contributed by atoms with E-state index in [-0.39, 0.29) is 11.3 Å². The summed E-state index contributed by atoms with van der Waals surface area (Å²) in [5.41, 5.74) is -0.174. The zero-order chi connectivity index (χ0) is 10.1. The second-order valence-corrected chi connectivity index (χ2v) is 3.40. The SMILES string of the molecule is Cc1nc(N2CCC(=O)C2)cc(=O)[nH]1. The number of rotatable bonds is 1. The van der Waals surface area contributed by atoms with Crippen molar-refractivity contribution in [3.8, 4) is 0 Å². The van der Waals surface area contributed by atoms with Crippen LogP contribution < -0.4 is 10.5 Å². The number of H-pyrrole nitrogens is 1. The monoisotopic (exact) mass is 193 g/mol. The number of ketones is 1. The van der Waals surface area contributed by atoms with Gasteiger partial charge in [0, 0.05) is 19.0 Å². The second-order valence-electron chi connectivity index (χ2n) is 3.40. The molecule has 0 aromatic carbocycles. The van der Waals surface area contributed by atoms with Crippen LogP contribution in [0.15, 0.2) is 10.9 Å². The lowest BCUT2D eigenvalue weighted by Crippen LogP contribution is -2.23. The van der Waals surface area contributed by atoms with Gasteiger partial charge in [-0.3, -0.25) is 9.59 Å². The van der Waals surface area contributed by atoms with Crippen molar-refractivity contribution in [3.05, 3.63) is 22.2 Å². The topological polar surface area (TPSA) is 66.1 Å². The van der Waals surface area contributed by atoms with Crippen LogP contribution in [-0.4, -0.2) is 28.8 Å². The Morgan fingerprint density at radius 1 is 1.50 bits per heavy atom. The Morgan fingerprint density at radius 2 is 2.29 bits per heavy atom. The Balaban J connectivity index is 2.32. The van der Waals surface area contributed by atoms with E-state index in [2.05, 4.69) is 9.97 Å². The van der Waals surface area contributed by atoms with Gasteiger partial charge in [-0.25, -0.2) is 4.98 Å². The fraction of sp³-hybridized carbons (Fsp3) is 0.444. The highest BCUT2D eigenvalue weighted by Gasteiger charge is 2.20. The van der Waals surface area contributed by atoms with E-state index in [1.54, 1.807) is 6.92 Å². The van der Waals surface area contributed by atoms with Gasteiger partial charge in [-0.05, 0) is 6.92 Å². The fourth-order valence-electron chi connectivity index (χ4n) is 1.55. The number of hydrogen-bond acceptors (Lipinski definition) is 4. The van der Waals surface area contributed by atoms with Crippen LogP contribution in [0.5, 0.6) is 0 Å². The first-order chi connectivity index (χ1) is 6.65. The summed E-state index contributed by atoms with van der Waals surface area (Å²) in [5.74, 6) is 1.37. The molecule has 0 unspecified atom stereocenters. The molecule has 74 valence electrons. The van der Waals surface area contributed by atoms with E-state index in [9.17, 15) is 9.59 Å². The van der Waals surface area contributed by atoms with E-state index < -0.39 is 0 Å². The van der Waals surface area contributed by atoms with Crippen molar-refractivity contribution in [2.75, 3.05) is 18.0 Å². The molecular weight excluding hydrogens is 182 g/mol. The zero-order valence-electron chi connectivity index (χ0n) is 7.91. The third-order valence-corrected chi connectivity index (χ3v) is 2.20. The smallest absolute Gasteiger partial charge is 0.252 e. The molecule has 0 bridgehead atoms. The van der Waals surface area contributed by atoms with Crippen molar-refractivity contribution in [2.24, 2.45) is 0 Å². The third kappa shape index (κ3) is 1.66. The number of aromatic nitrogens is 2. The summed E-state index contributed by atoms with van der Waals surface area (Å²) < 4.78 is 0. The molecule has 1 aromatic rings. The van der Waals surface area contributed by atoms with Crippen molar-refractivity contribution >= 4 is 11.6 Å². The van der Waals surface area contributed by atoms with Gasteiger partial charge >= 0.3 is 0 Å². The number of aromatic amines is 1. The van der Waals surface area contributed by atoms with Crippen LogP contribution in [-0.2, 0) is 4.79 Å². The quantitative estimate of drug-likeness (QED) is 0.674. The second kappa shape index (κ2) is 3.25. The average Bonchev–Trinajstić information content (AvgIpc) is 2.50. The number of hydrogen-bond donors (Lipinski definition) is 1. The molecular formula is C9H11N3O2. The predicted octanol–water partition coefficient (Wildman–Crippen LogP) is -0.142. The molecule has 1 N–H and O–H groups in total. The van der Waals surface area contributed by atoms with Crippen molar-refractivity contribution in [2.45, 2.75) is 13.3 Å². The van der Waals surface area contributed by atoms with Crippen LogP contribution in [0.3, 0.4) is 0 Å².